The van der Waals surface area contributed by atoms with Crippen molar-refractivity contribution in [3.63, 3.8) is 0 Å². The molecule has 1 aliphatic rings. The van der Waals surface area contributed by atoms with Crippen LogP contribution in [0.4, 0.5) is 0 Å². The minimum atomic E-state index is -1.03. The SMILES string of the molecule is CCOc1ccccc1C(N)[C@H]1CCC(=O)N1CCSc1nc(C(=O)O)cs1. The van der Waals surface area contributed by atoms with Crippen LogP contribution in [0.1, 0.15) is 41.9 Å². The Bertz CT molecular complexity index is 842. The number of amides is 1. The Labute approximate surface area is 171 Å². The number of thiazole rings is 1. The van der Waals surface area contributed by atoms with Crippen molar-refractivity contribution in [1.29, 1.82) is 0 Å². The molecule has 0 radical (unpaired) electrons. The summed E-state index contributed by atoms with van der Waals surface area (Å²) in [5.41, 5.74) is 7.51. The average molecular weight is 422 g/mol. The van der Waals surface area contributed by atoms with Gasteiger partial charge in [-0.05, 0) is 19.4 Å². The lowest BCUT2D eigenvalue weighted by Gasteiger charge is -2.30. The monoisotopic (exact) mass is 421 g/mol. The van der Waals surface area contributed by atoms with Crippen molar-refractivity contribution in [2.75, 3.05) is 18.9 Å². The van der Waals surface area contributed by atoms with Crippen LogP contribution in [-0.4, -0.2) is 51.8 Å². The van der Waals surface area contributed by atoms with E-state index in [9.17, 15) is 9.59 Å². The highest BCUT2D eigenvalue weighted by molar-refractivity contribution is 8.01. The van der Waals surface area contributed by atoms with Crippen LogP contribution >= 0.6 is 23.1 Å². The number of hydrogen-bond acceptors (Lipinski definition) is 7. The smallest absolute Gasteiger partial charge is 0.355 e. The average Bonchev–Trinajstić information content (AvgIpc) is 3.30. The predicted octanol–water partition coefficient (Wildman–Crippen LogP) is 3.02. The van der Waals surface area contributed by atoms with E-state index in [1.54, 1.807) is 0 Å². The highest BCUT2D eigenvalue weighted by Crippen LogP contribution is 2.33. The number of aromatic carboxylic acids is 1. The van der Waals surface area contributed by atoms with E-state index in [0.29, 0.717) is 36.1 Å². The summed E-state index contributed by atoms with van der Waals surface area (Å²) < 4.78 is 6.38. The van der Waals surface area contributed by atoms with Gasteiger partial charge in [0.05, 0.1) is 18.7 Å². The van der Waals surface area contributed by atoms with Gasteiger partial charge in [0.2, 0.25) is 5.91 Å². The maximum absolute atomic E-state index is 12.4. The fourth-order valence-electron chi connectivity index (χ4n) is 3.32. The molecule has 1 fully saturated rings. The number of ether oxygens (including phenoxy) is 1. The van der Waals surface area contributed by atoms with E-state index in [2.05, 4.69) is 4.98 Å². The summed E-state index contributed by atoms with van der Waals surface area (Å²) in [6.45, 7) is 3.03. The number of carbonyl (C=O) groups excluding carboxylic acids is 1. The van der Waals surface area contributed by atoms with Crippen molar-refractivity contribution in [1.82, 2.24) is 9.88 Å². The predicted molar refractivity (Wildman–Crippen MR) is 109 cm³/mol. The third-order valence-corrected chi connectivity index (χ3v) is 6.63. The van der Waals surface area contributed by atoms with E-state index in [-0.39, 0.29) is 23.7 Å². The van der Waals surface area contributed by atoms with Crippen LogP contribution in [0.2, 0.25) is 0 Å². The second kappa shape index (κ2) is 9.40. The van der Waals surface area contributed by atoms with E-state index in [4.69, 9.17) is 15.6 Å². The third kappa shape index (κ3) is 4.65. The largest absolute Gasteiger partial charge is 0.494 e. The van der Waals surface area contributed by atoms with Gasteiger partial charge in [0.1, 0.15) is 5.75 Å². The van der Waals surface area contributed by atoms with E-state index >= 15 is 0 Å². The summed E-state index contributed by atoms with van der Waals surface area (Å²) in [7, 11) is 0. The normalized spacial score (nSPS) is 17.7. The summed E-state index contributed by atoms with van der Waals surface area (Å²) >= 11 is 2.75. The van der Waals surface area contributed by atoms with Crippen LogP contribution in [0.5, 0.6) is 5.75 Å². The van der Waals surface area contributed by atoms with E-state index in [1.807, 2.05) is 36.1 Å². The van der Waals surface area contributed by atoms with Gasteiger partial charge in [-0.2, -0.15) is 0 Å². The zero-order chi connectivity index (χ0) is 20.1. The number of nitrogens with two attached hydrogens (primary N) is 1. The van der Waals surface area contributed by atoms with Gasteiger partial charge < -0.3 is 20.5 Å². The molecule has 0 bridgehead atoms. The number of para-hydroxylation sites is 1. The van der Waals surface area contributed by atoms with Crippen molar-refractivity contribution in [3.8, 4) is 5.75 Å². The molecule has 1 aromatic heterocycles. The Morgan fingerprint density at radius 1 is 1.50 bits per heavy atom. The Morgan fingerprint density at radius 3 is 3.00 bits per heavy atom. The number of hydrogen-bond donors (Lipinski definition) is 2. The number of likely N-dealkylation sites (tertiary alicyclic amines) is 1. The first-order chi connectivity index (χ1) is 13.5. The lowest BCUT2D eigenvalue weighted by atomic mass is 9.97. The highest BCUT2D eigenvalue weighted by Gasteiger charge is 2.36. The summed E-state index contributed by atoms with van der Waals surface area (Å²) in [5.74, 6) is 0.460. The Balaban J connectivity index is 1.65. The molecule has 2 aromatic rings. The van der Waals surface area contributed by atoms with Gasteiger partial charge >= 0.3 is 5.97 Å². The van der Waals surface area contributed by atoms with Crippen LogP contribution in [-0.2, 0) is 4.79 Å². The first kappa shape index (κ1) is 20.6. The van der Waals surface area contributed by atoms with Gasteiger partial charge in [-0.15, -0.1) is 11.3 Å². The lowest BCUT2D eigenvalue weighted by molar-refractivity contribution is -0.128. The number of carboxylic acids is 1. The zero-order valence-electron chi connectivity index (χ0n) is 15.5. The van der Waals surface area contributed by atoms with Gasteiger partial charge in [0.25, 0.3) is 0 Å². The van der Waals surface area contributed by atoms with Crippen LogP contribution in [0, 0.1) is 0 Å². The number of nitrogens with zero attached hydrogens (tertiary/aromatic N) is 2. The molecule has 1 unspecified atom stereocenters. The van der Waals surface area contributed by atoms with Crippen molar-refractivity contribution in [3.05, 3.63) is 40.9 Å². The van der Waals surface area contributed by atoms with Crippen molar-refractivity contribution >= 4 is 35.0 Å². The summed E-state index contributed by atoms with van der Waals surface area (Å²) in [6, 6.07) is 7.29. The molecule has 28 heavy (non-hydrogen) atoms. The van der Waals surface area contributed by atoms with Crippen molar-refractivity contribution in [2.45, 2.75) is 36.2 Å². The third-order valence-electron chi connectivity index (χ3n) is 4.63. The number of rotatable bonds is 9. The molecule has 1 aromatic carbocycles. The summed E-state index contributed by atoms with van der Waals surface area (Å²) in [4.78, 5) is 29.2. The molecule has 150 valence electrons. The highest BCUT2D eigenvalue weighted by atomic mass is 32.2. The maximum Gasteiger partial charge on any atom is 0.355 e. The van der Waals surface area contributed by atoms with Crippen LogP contribution in [0.15, 0.2) is 34.0 Å². The minimum Gasteiger partial charge on any atom is -0.494 e. The molecule has 1 amide bonds. The Kier molecular flexibility index (Phi) is 6.93. The van der Waals surface area contributed by atoms with E-state index in [0.717, 1.165) is 11.3 Å². The van der Waals surface area contributed by atoms with Gasteiger partial charge in [-0.3, -0.25) is 4.79 Å². The standard InChI is InChI=1S/C19H23N3O4S2/c1-2-26-15-6-4-3-5-12(15)17(20)14-7-8-16(23)22(14)9-10-27-19-21-13(11-28-19)18(24)25/h3-6,11,14,17H,2,7-10,20H2,1H3,(H,24,25)/t14-,17?/m1/s1. The van der Waals surface area contributed by atoms with Gasteiger partial charge in [0, 0.05) is 29.7 Å². The fraction of sp³-hybridized carbons (Fsp3) is 0.421. The molecule has 3 N–H and O–H groups in total. The molecule has 0 spiro atoms. The van der Waals surface area contributed by atoms with Crippen LogP contribution < -0.4 is 10.5 Å². The Morgan fingerprint density at radius 2 is 2.29 bits per heavy atom. The summed E-state index contributed by atoms with van der Waals surface area (Å²) in [6.07, 6.45) is 1.20. The van der Waals surface area contributed by atoms with Crippen molar-refractivity contribution in [2.24, 2.45) is 5.73 Å². The second-order valence-corrected chi connectivity index (χ2v) is 8.54. The molecular formula is C19H23N3O4S2. The van der Waals surface area contributed by atoms with Crippen LogP contribution in [0.25, 0.3) is 0 Å². The topological polar surface area (TPSA) is 106 Å². The zero-order valence-corrected chi connectivity index (χ0v) is 17.2. The molecule has 2 atom stereocenters. The molecule has 9 heteroatoms. The van der Waals surface area contributed by atoms with Gasteiger partial charge in [0.15, 0.2) is 10.0 Å². The molecule has 1 saturated heterocycles. The molecule has 1 aliphatic heterocycles. The summed E-state index contributed by atoms with van der Waals surface area (Å²) in [5, 5.41) is 10.5. The number of aromatic nitrogens is 1. The van der Waals surface area contributed by atoms with Crippen molar-refractivity contribution < 1.29 is 19.4 Å². The van der Waals surface area contributed by atoms with Gasteiger partial charge in [-0.1, -0.05) is 30.0 Å². The molecule has 7 nitrogen and oxygen atoms in total. The van der Waals surface area contributed by atoms with E-state index in [1.165, 1.54) is 28.5 Å². The second-order valence-electron chi connectivity index (χ2n) is 6.34. The quantitative estimate of drug-likeness (QED) is 0.600. The molecule has 2 heterocycles. The lowest BCUT2D eigenvalue weighted by Crippen LogP contribution is -2.41. The number of carboxylic acid groups (broad SMARTS) is 1. The van der Waals surface area contributed by atoms with Gasteiger partial charge in [-0.25, -0.2) is 9.78 Å². The fourth-order valence-corrected chi connectivity index (χ4v) is 5.13. The number of benzene rings is 1. The first-order valence-corrected chi connectivity index (χ1v) is 11.0. The molecule has 3 rings (SSSR count). The Hall–Kier alpha value is -2.10. The molecule has 0 aliphatic carbocycles. The number of carbonyl (C=O) groups is 2. The molecular weight excluding hydrogens is 398 g/mol. The first-order valence-electron chi connectivity index (χ1n) is 9.09. The maximum atomic E-state index is 12.4. The van der Waals surface area contributed by atoms with E-state index < -0.39 is 5.97 Å². The van der Waals surface area contributed by atoms with Crippen LogP contribution in [0.3, 0.4) is 0 Å². The molecule has 0 saturated carbocycles. The number of thioether (sulfide) groups is 1. The minimum absolute atomic E-state index is 0.0529.